The molecule has 1 N–H and O–H groups in total. The number of rotatable bonds is 9. The molecule has 0 aliphatic heterocycles. The van der Waals surface area contributed by atoms with Crippen molar-refractivity contribution in [1.82, 2.24) is 0 Å². The van der Waals surface area contributed by atoms with Gasteiger partial charge in [0.05, 0.1) is 0 Å². The fourth-order valence-electron chi connectivity index (χ4n) is 2.80. The topological polar surface area (TPSA) is 54.4 Å². The molecule has 2 aromatic carbocycles. The molecule has 0 heterocycles. The third-order valence-corrected chi connectivity index (χ3v) is 5.85. The summed E-state index contributed by atoms with van der Waals surface area (Å²) in [5, 5.41) is 1.33. The quantitative estimate of drug-likeness (QED) is 0.344. The van der Waals surface area contributed by atoms with Gasteiger partial charge in [0.15, 0.2) is 0 Å². The molecule has 0 aliphatic carbocycles. The molecule has 134 valence electrons. The molecule has 25 heavy (non-hydrogen) atoms. The van der Waals surface area contributed by atoms with Crippen molar-refractivity contribution in [2.75, 3.05) is 0 Å². The van der Waals surface area contributed by atoms with Gasteiger partial charge in [-0.25, -0.2) is 0 Å². The average Bonchev–Trinajstić information content (AvgIpc) is 2.60. The van der Waals surface area contributed by atoms with Crippen LogP contribution in [0, 0.1) is 0 Å². The summed E-state index contributed by atoms with van der Waals surface area (Å²) >= 11 is 1.41. The Hall–Kier alpha value is -0.390. The predicted molar refractivity (Wildman–Crippen MR) is 107 cm³/mol. The van der Waals surface area contributed by atoms with Crippen molar-refractivity contribution < 1.29 is 13.0 Å². The van der Waals surface area contributed by atoms with E-state index in [9.17, 15) is 8.42 Å². The summed E-state index contributed by atoms with van der Waals surface area (Å²) in [5.41, 5.74) is 0. The van der Waals surface area contributed by atoms with E-state index in [4.69, 9.17) is 4.55 Å². The van der Waals surface area contributed by atoms with Crippen molar-refractivity contribution in [2.24, 2.45) is 0 Å². The summed E-state index contributed by atoms with van der Waals surface area (Å²) in [6.45, 7) is 2.28. The van der Waals surface area contributed by atoms with E-state index >= 15 is 0 Å². The number of fused-ring (bicyclic) bond motifs is 1. The van der Waals surface area contributed by atoms with Crippen molar-refractivity contribution in [1.29, 1.82) is 0 Å². The van der Waals surface area contributed by atoms with E-state index in [0.29, 0.717) is 5.39 Å². The first-order valence-electron chi connectivity index (χ1n) is 9.46. The van der Waals surface area contributed by atoms with Crippen LogP contribution in [0.2, 0.25) is 3.67 Å². The van der Waals surface area contributed by atoms with E-state index in [2.05, 4.69) is 6.92 Å². The van der Waals surface area contributed by atoms with Crippen LogP contribution >= 0.6 is 0 Å². The molecule has 0 bridgehead atoms. The molecule has 0 amide bonds. The van der Waals surface area contributed by atoms with Crippen LogP contribution in [0.15, 0.2) is 47.4 Å². The largest absolute Gasteiger partial charge is 0.295 e. The summed E-state index contributed by atoms with van der Waals surface area (Å²) in [6.07, 6.45) is 11.7. The minimum Gasteiger partial charge on any atom is -0.282 e. The molecule has 0 spiro atoms. The van der Waals surface area contributed by atoms with Gasteiger partial charge in [0.2, 0.25) is 0 Å². The smallest absolute Gasteiger partial charge is 0.282 e. The molecule has 2 rings (SSSR count). The number of unbranched alkanes of at least 4 members (excludes halogenated alkanes) is 7. The van der Waals surface area contributed by atoms with Gasteiger partial charge >= 0.3 is 89.9 Å². The van der Waals surface area contributed by atoms with Crippen molar-refractivity contribution in [3.05, 3.63) is 42.5 Å². The van der Waals surface area contributed by atoms with Gasteiger partial charge in [0.25, 0.3) is 10.1 Å². The van der Waals surface area contributed by atoms with E-state index in [-0.39, 0.29) is 4.90 Å². The molecule has 0 aliphatic rings. The molecule has 0 radical (unpaired) electrons. The zero-order chi connectivity index (χ0) is 18.5. The second-order valence-corrected chi connectivity index (χ2v) is 8.82. The van der Waals surface area contributed by atoms with E-state index in [1.807, 2.05) is 6.07 Å². The van der Waals surface area contributed by atoms with Gasteiger partial charge < -0.3 is 0 Å². The summed E-state index contributed by atoms with van der Waals surface area (Å²) in [5.74, 6) is 0. The molecule has 2 aromatic rings. The zero-order valence-corrected chi connectivity index (χ0v) is 18.4. The minimum atomic E-state index is -4.13. The van der Waals surface area contributed by atoms with Crippen LogP contribution in [0.25, 0.3) is 10.8 Å². The summed E-state index contributed by atoms with van der Waals surface area (Å²) in [4.78, 5) is -0.0457. The Balaban J connectivity index is 0.000000260. The molecule has 0 atom stereocenters. The van der Waals surface area contributed by atoms with E-state index < -0.39 is 10.1 Å². The van der Waals surface area contributed by atoms with Crippen LogP contribution in [0.4, 0.5) is 0 Å². The molecule has 3 nitrogen and oxygen atoms in total. The Bertz CT molecular complexity index is 700. The van der Waals surface area contributed by atoms with Gasteiger partial charge in [-0.15, -0.1) is 0 Å². The van der Waals surface area contributed by atoms with E-state index in [1.165, 1.54) is 89.0 Å². The van der Waals surface area contributed by atoms with Crippen LogP contribution in [-0.2, 0) is 10.1 Å². The van der Waals surface area contributed by atoms with Crippen LogP contribution in [0.3, 0.4) is 0 Å². The maximum Gasteiger partial charge on any atom is 0.295 e. The Morgan fingerprint density at radius 2 is 1.40 bits per heavy atom. The van der Waals surface area contributed by atoms with Crippen LogP contribution in [0.5, 0.6) is 0 Å². The second kappa shape index (κ2) is 12.9. The van der Waals surface area contributed by atoms with Gasteiger partial charge in [-0.1, -0.05) is 36.4 Å². The molecular weight excluding hydrogens is 343 g/mol. The minimum absolute atomic E-state index is 0.0457. The van der Waals surface area contributed by atoms with Gasteiger partial charge in [0.1, 0.15) is 4.90 Å². The Kier molecular flexibility index (Phi) is 11.7. The molecule has 5 heteroatoms. The number of hydrogen-bond donors (Lipinski definition) is 1. The third-order valence-electron chi connectivity index (χ3n) is 4.23. The first-order chi connectivity index (χ1) is 12.0. The van der Waals surface area contributed by atoms with Crippen LogP contribution in [0.1, 0.15) is 58.3 Å². The van der Waals surface area contributed by atoms with Crippen molar-refractivity contribution in [3.63, 3.8) is 0 Å². The normalized spacial score (nSPS) is 11.2. The fourth-order valence-corrected chi connectivity index (χ4v) is 4.02. The molecule has 0 saturated carbocycles. The van der Waals surface area contributed by atoms with Crippen molar-refractivity contribution in [3.8, 4) is 0 Å². The Labute approximate surface area is 170 Å². The monoisotopic (exact) mass is 372 g/mol. The van der Waals surface area contributed by atoms with Crippen LogP contribution < -0.4 is 0 Å². The Morgan fingerprint density at radius 3 is 2.00 bits per heavy atom. The van der Waals surface area contributed by atoms with Crippen LogP contribution in [-0.4, -0.2) is 40.9 Å². The summed E-state index contributed by atoms with van der Waals surface area (Å²) in [7, 11) is -4.13. The van der Waals surface area contributed by atoms with Gasteiger partial charge in [-0.2, -0.15) is 8.42 Å². The van der Waals surface area contributed by atoms with Gasteiger partial charge in [0, 0.05) is 5.39 Å². The summed E-state index contributed by atoms with van der Waals surface area (Å²) in [6, 6.07) is 11.8. The number of benzene rings is 2. The Morgan fingerprint density at radius 1 is 0.840 bits per heavy atom. The first-order valence-corrected chi connectivity index (χ1v) is 12.3. The standard InChI is InChI=1S/C10H8O3S.C10H21.Na/c11-14(12,13)10-7-3-5-8-4-1-2-6-9(8)10;1-3-5-7-9-10-8-6-4-2;/h1-7H,(H,11,12,13);1,3-10H2,2H3;. The second-order valence-electron chi connectivity index (χ2n) is 6.43. The molecule has 0 fully saturated rings. The maximum absolute atomic E-state index is 11.0. The number of hydrogen-bond acceptors (Lipinski definition) is 2. The van der Waals surface area contributed by atoms with Gasteiger partial charge in [-0.05, 0) is 11.5 Å². The van der Waals surface area contributed by atoms with E-state index in [0.717, 1.165) is 5.39 Å². The van der Waals surface area contributed by atoms with Crippen molar-refractivity contribution in [2.45, 2.75) is 66.9 Å². The molecule has 0 saturated heterocycles. The van der Waals surface area contributed by atoms with Crippen molar-refractivity contribution >= 4 is 48.8 Å². The maximum atomic E-state index is 11.0. The molecule has 0 unspecified atom stereocenters. The molecular formula is C20H29NaO3S. The van der Waals surface area contributed by atoms with Gasteiger partial charge in [-0.3, -0.25) is 4.55 Å². The molecule has 0 aromatic heterocycles. The zero-order valence-electron chi connectivity index (χ0n) is 15.6. The fraction of sp³-hybridized carbons (Fsp3) is 0.500. The SMILES string of the molecule is CCCCCCCCC[CH2][Na].O=S(=O)(O)c1cccc2ccccc12. The van der Waals surface area contributed by atoms with E-state index in [1.54, 1.807) is 30.3 Å². The predicted octanol–water partition coefficient (Wildman–Crippen LogP) is 5.80. The first kappa shape index (κ1) is 22.7. The third kappa shape index (κ3) is 9.20. The summed E-state index contributed by atoms with van der Waals surface area (Å²) < 4.78 is 32.5. The average molecular weight is 373 g/mol.